The van der Waals surface area contributed by atoms with Crippen molar-refractivity contribution >= 4 is 5.71 Å². The topological polar surface area (TPSA) is 43.1 Å². The van der Waals surface area contributed by atoms with Gasteiger partial charge in [0.2, 0.25) is 0 Å². The van der Waals surface area contributed by atoms with Crippen LogP contribution in [0.25, 0.3) is 0 Å². The Morgan fingerprint density at radius 3 is 3.00 bits per heavy atom. The molecule has 0 fully saturated rings. The molecule has 0 N–H and O–H groups in total. The molecular formula is C8H10N4. The molecule has 0 spiro atoms. The number of aryl methyl sites for hydroxylation is 1. The molecule has 0 saturated heterocycles. The highest BCUT2D eigenvalue weighted by atomic mass is 15.4. The minimum absolute atomic E-state index is 0.891. The Morgan fingerprint density at radius 2 is 2.42 bits per heavy atom. The molecule has 2 rings (SSSR count). The van der Waals surface area contributed by atoms with Crippen LogP contribution in [0.1, 0.15) is 18.5 Å². The van der Waals surface area contributed by atoms with Gasteiger partial charge in [0.15, 0.2) is 0 Å². The molecular weight excluding hydrogens is 152 g/mol. The van der Waals surface area contributed by atoms with Crippen LogP contribution in [0, 0.1) is 0 Å². The van der Waals surface area contributed by atoms with Gasteiger partial charge in [-0.3, -0.25) is 9.67 Å². The predicted molar refractivity (Wildman–Crippen MR) is 45.9 cm³/mol. The summed E-state index contributed by atoms with van der Waals surface area (Å²) in [5, 5.41) is 7.84. The molecule has 0 aliphatic carbocycles. The fourth-order valence-corrected chi connectivity index (χ4v) is 1.18. The number of aliphatic imine (C=N–C) groups is 1. The van der Waals surface area contributed by atoms with E-state index in [0.29, 0.717) is 0 Å². The Morgan fingerprint density at radius 1 is 1.50 bits per heavy atom. The van der Waals surface area contributed by atoms with Crippen LogP contribution in [0.15, 0.2) is 23.5 Å². The van der Waals surface area contributed by atoms with E-state index in [2.05, 4.69) is 21.4 Å². The first-order valence-corrected chi connectivity index (χ1v) is 3.94. The number of rotatable bonds is 1. The Bertz CT molecular complexity index is 335. The highest BCUT2D eigenvalue weighted by Crippen LogP contribution is 2.08. The van der Waals surface area contributed by atoms with Gasteiger partial charge in [0.1, 0.15) is 5.69 Å². The first-order valence-electron chi connectivity index (χ1n) is 3.94. The van der Waals surface area contributed by atoms with E-state index in [1.54, 1.807) is 4.68 Å². The van der Waals surface area contributed by atoms with Crippen molar-refractivity contribution < 1.29 is 0 Å². The average Bonchev–Trinajstić information content (AvgIpc) is 2.54. The number of aromatic nitrogens is 3. The third-order valence-corrected chi connectivity index (χ3v) is 1.78. The standard InChI is InChI=1S/C8H10N4/c1-12-6-8(10-11-12)7-4-2-3-5-9-7/h3,5-6H,2,4H2,1H3. The van der Waals surface area contributed by atoms with Gasteiger partial charge < -0.3 is 0 Å². The third-order valence-electron chi connectivity index (χ3n) is 1.78. The molecule has 0 aromatic carbocycles. The van der Waals surface area contributed by atoms with Crippen molar-refractivity contribution in [3.8, 4) is 0 Å². The summed E-state index contributed by atoms with van der Waals surface area (Å²) in [6, 6.07) is 0. The minimum atomic E-state index is 0.891. The molecule has 4 heteroatoms. The molecule has 0 radical (unpaired) electrons. The number of hydrogen-bond donors (Lipinski definition) is 0. The summed E-state index contributed by atoms with van der Waals surface area (Å²) in [6.45, 7) is 0. The Balaban J connectivity index is 2.30. The quantitative estimate of drug-likeness (QED) is 0.616. The molecule has 0 bridgehead atoms. The second kappa shape index (κ2) is 2.89. The normalized spacial score (nSPS) is 16.2. The second-order valence-corrected chi connectivity index (χ2v) is 2.78. The van der Waals surface area contributed by atoms with E-state index in [9.17, 15) is 0 Å². The Labute approximate surface area is 70.6 Å². The summed E-state index contributed by atoms with van der Waals surface area (Å²) in [7, 11) is 1.86. The number of nitrogens with zero attached hydrogens (tertiary/aromatic N) is 4. The lowest BCUT2D eigenvalue weighted by atomic mass is 10.1. The van der Waals surface area contributed by atoms with Crippen molar-refractivity contribution in [2.45, 2.75) is 12.8 Å². The van der Waals surface area contributed by atoms with E-state index in [-0.39, 0.29) is 0 Å². The smallest absolute Gasteiger partial charge is 0.127 e. The van der Waals surface area contributed by atoms with Crippen LogP contribution in [0.5, 0.6) is 0 Å². The van der Waals surface area contributed by atoms with Crippen molar-refractivity contribution in [2.24, 2.45) is 12.0 Å². The summed E-state index contributed by atoms with van der Waals surface area (Å²) in [5.41, 5.74) is 1.92. The highest BCUT2D eigenvalue weighted by molar-refractivity contribution is 5.99. The van der Waals surface area contributed by atoms with Crippen LogP contribution in [-0.2, 0) is 7.05 Å². The van der Waals surface area contributed by atoms with Crippen molar-refractivity contribution in [1.82, 2.24) is 15.0 Å². The maximum Gasteiger partial charge on any atom is 0.127 e. The van der Waals surface area contributed by atoms with Gasteiger partial charge in [-0.2, -0.15) is 0 Å². The van der Waals surface area contributed by atoms with Crippen LogP contribution in [0.3, 0.4) is 0 Å². The SMILES string of the molecule is Cn1cc(C2=NC=CCC2)nn1. The zero-order chi connectivity index (χ0) is 8.39. The van der Waals surface area contributed by atoms with E-state index in [1.807, 2.05) is 19.4 Å². The van der Waals surface area contributed by atoms with Gasteiger partial charge in [-0.25, -0.2) is 0 Å². The molecule has 0 atom stereocenters. The third kappa shape index (κ3) is 1.28. The van der Waals surface area contributed by atoms with Gasteiger partial charge in [-0.1, -0.05) is 11.3 Å². The summed E-state index contributed by atoms with van der Waals surface area (Å²) < 4.78 is 1.69. The van der Waals surface area contributed by atoms with Crippen molar-refractivity contribution in [3.05, 3.63) is 24.2 Å². The van der Waals surface area contributed by atoms with Gasteiger partial charge in [0, 0.05) is 13.2 Å². The van der Waals surface area contributed by atoms with Gasteiger partial charge >= 0.3 is 0 Å². The van der Waals surface area contributed by atoms with E-state index in [0.717, 1.165) is 24.2 Å². The lowest BCUT2D eigenvalue weighted by molar-refractivity contribution is 0.714. The molecule has 0 amide bonds. The van der Waals surface area contributed by atoms with Crippen molar-refractivity contribution in [1.29, 1.82) is 0 Å². The maximum atomic E-state index is 4.23. The van der Waals surface area contributed by atoms with E-state index in [1.165, 1.54) is 0 Å². The molecule has 0 saturated carbocycles. The van der Waals surface area contributed by atoms with Crippen LogP contribution < -0.4 is 0 Å². The molecule has 1 aromatic heterocycles. The molecule has 1 aliphatic rings. The zero-order valence-electron chi connectivity index (χ0n) is 6.94. The lowest BCUT2D eigenvalue weighted by Gasteiger charge is -2.02. The minimum Gasteiger partial charge on any atom is -0.259 e. The van der Waals surface area contributed by atoms with Crippen LogP contribution in [0.2, 0.25) is 0 Å². The molecule has 12 heavy (non-hydrogen) atoms. The lowest BCUT2D eigenvalue weighted by Crippen LogP contribution is -2.02. The van der Waals surface area contributed by atoms with Gasteiger partial charge in [0.25, 0.3) is 0 Å². The predicted octanol–water partition coefficient (Wildman–Crippen LogP) is 0.912. The Hall–Kier alpha value is -1.45. The van der Waals surface area contributed by atoms with Gasteiger partial charge in [-0.15, -0.1) is 5.10 Å². The summed E-state index contributed by atoms with van der Waals surface area (Å²) >= 11 is 0. The van der Waals surface area contributed by atoms with Crippen LogP contribution in [0.4, 0.5) is 0 Å². The van der Waals surface area contributed by atoms with Gasteiger partial charge in [0.05, 0.1) is 11.9 Å². The molecule has 62 valence electrons. The average molecular weight is 162 g/mol. The van der Waals surface area contributed by atoms with E-state index in [4.69, 9.17) is 0 Å². The molecule has 2 heterocycles. The molecule has 0 unspecified atom stereocenters. The maximum absolute atomic E-state index is 4.23. The van der Waals surface area contributed by atoms with Crippen LogP contribution in [-0.4, -0.2) is 20.7 Å². The monoisotopic (exact) mass is 162 g/mol. The Kier molecular flexibility index (Phi) is 1.74. The second-order valence-electron chi connectivity index (χ2n) is 2.78. The largest absolute Gasteiger partial charge is 0.259 e. The summed E-state index contributed by atoms with van der Waals surface area (Å²) in [6.07, 6.45) is 7.79. The zero-order valence-corrected chi connectivity index (χ0v) is 6.94. The first kappa shape index (κ1) is 7.21. The summed E-state index contributed by atoms with van der Waals surface area (Å²) in [4.78, 5) is 4.23. The van der Waals surface area contributed by atoms with Crippen molar-refractivity contribution in [3.63, 3.8) is 0 Å². The van der Waals surface area contributed by atoms with Crippen molar-refractivity contribution in [2.75, 3.05) is 0 Å². The van der Waals surface area contributed by atoms with E-state index >= 15 is 0 Å². The molecule has 1 aliphatic heterocycles. The molecule has 4 nitrogen and oxygen atoms in total. The summed E-state index contributed by atoms with van der Waals surface area (Å²) in [5.74, 6) is 0. The van der Waals surface area contributed by atoms with Crippen LogP contribution >= 0.6 is 0 Å². The fraction of sp³-hybridized carbons (Fsp3) is 0.375. The molecule has 1 aromatic rings. The number of hydrogen-bond acceptors (Lipinski definition) is 3. The van der Waals surface area contributed by atoms with Gasteiger partial charge in [-0.05, 0) is 12.8 Å². The first-order chi connectivity index (χ1) is 5.86. The van der Waals surface area contributed by atoms with E-state index < -0.39 is 0 Å². The number of allylic oxidation sites excluding steroid dienone is 1. The highest BCUT2D eigenvalue weighted by Gasteiger charge is 2.07. The fourth-order valence-electron chi connectivity index (χ4n) is 1.18.